The lowest BCUT2D eigenvalue weighted by Gasteiger charge is -2.09. The Labute approximate surface area is 114 Å². The van der Waals surface area contributed by atoms with Gasteiger partial charge in [-0.1, -0.05) is 0 Å². The van der Waals surface area contributed by atoms with Gasteiger partial charge in [0.1, 0.15) is 4.90 Å². The van der Waals surface area contributed by atoms with E-state index in [1.807, 2.05) is 0 Å². The van der Waals surface area contributed by atoms with E-state index in [9.17, 15) is 13.2 Å². The van der Waals surface area contributed by atoms with Crippen LogP contribution in [-0.2, 0) is 17.1 Å². The van der Waals surface area contributed by atoms with Crippen LogP contribution in [0.5, 0.6) is 0 Å². The number of aromatic carboxylic acids is 1. The first kappa shape index (κ1) is 13.9. The lowest BCUT2D eigenvalue weighted by Crippen LogP contribution is -2.15. The van der Waals surface area contributed by atoms with Gasteiger partial charge < -0.3 is 10.8 Å². The second-order valence-electron chi connectivity index (χ2n) is 4.07. The van der Waals surface area contributed by atoms with Crippen molar-refractivity contribution in [3.8, 4) is 0 Å². The Morgan fingerprint density at radius 2 is 2.15 bits per heavy atom. The van der Waals surface area contributed by atoms with Crippen LogP contribution in [-0.4, -0.2) is 29.3 Å². The number of nitrogens with one attached hydrogen (secondary N) is 1. The molecule has 0 unspecified atom stereocenters. The normalized spacial score (nSPS) is 11.2. The summed E-state index contributed by atoms with van der Waals surface area (Å²) in [6.07, 6.45) is 2.83. The number of sulfonamides is 1. The Kier molecular flexibility index (Phi) is 3.36. The number of rotatable bonds is 4. The van der Waals surface area contributed by atoms with Crippen LogP contribution in [0.3, 0.4) is 0 Å². The number of anilines is 2. The van der Waals surface area contributed by atoms with Gasteiger partial charge in [-0.05, 0) is 18.2 Å². The van der Waals surface area contributed by atoms with Crippen LogP contribution in [0.2, 0.25) is 0 Å². The smallest absolute Gasteiger partial charge is 0.335 e. The molecule has 4 N–H and O–H groups in total. The highest BCUT2D eigenvalue weighted by Crippen LogP contribution is 2.22. The van der Waals surface area contributed by atoms with Crippen molar-refractivity contribution in [2.45, 2.75) is 4.90 Å². The van der Waals surface area contributed by atoms with Crippen molar-refractivity contribution >= 4 is 27.4 Å². The lowest BCUT2D eigenvalue weighted by atomic mass is 10.2. The van der Waals surface area contributed by atoms with Crippen LogP contribution in [0.4, 0.5) is 11.4 Å². The average molecular weight is 296 g/mol. The van der Waals surface area contributed by atoms with E-state index in [4.69, 9.17) is 10.8 Å². The Morgan fingerprint density at radius 3 is 2.65 bits per heavy atom. The molecule has 0 amide bonds. The third-order valence-electron chi connectivity index (χ3n) is 2.50. The summed E-state index contributed by atoms with van der Waals surface area (Å²) in [5, 5.41) is 12.6. The van der Waals surface area contributed by atoms with Gasteiger partial charge in [0.25, 0.3) is 10.0 Å². The highest BCUT2D eigenvalue weighted by Gasteiger charge is 2.19. The molecule has 106 valence electrons. The van der Waals surface area contributed by atoms with Gasteiger partial charge in [0.15, 0.2) is 0 Å². The van der Waals surface area contributed by atoms with Gasteiger partial charge in [0.2, 0.25) is 0 Å². The first-order valence-corrected chi connectivity index (χ1v) is 6.92. The van der Waals surface area contributed by atoms with Crippen molar-refractivity contribution in [3.05, 3.63) is 36.2 Å². The number of nitrogen functional groups attached to an aromatic ring is 1. The summed E-state index contributed by atoms with van der Waals surface area (Å²) in [6, 6.07) is 3.42. The van der Waals surface area contributed by atoms with Gasteiger partial charge in [-0.3, -0.25) is 9.40 Å². The minimum absolute atomic E-state index is 0.0807. The van der Waals surface area contributed by atoms with Gasteiger partial charge in [0, 0.05) is 13.2 Å². The molecule has 0 atom stereocenters. The maximum absolute atomic E-state index is 12.1. The highest BCUT2D eigenvalue weighted by atomic mass is 32.2. The van der Waals surface area contributed by atoms with Crippen LogP contribution in [0.15, 0.2) is 35.5 Å². The number of carboxylic acid groups (broad SMARTS) is 1. The molecule has 20 heavy (non-hydrogen) atoms. The van der Waals surface area contributed by atoms with Crippen molar-refractivity contribution in [2.75, 3.05) is 10.5 Å². The van der Waals surface area contributed by atoms with Crippen molar-refractivity contribution in [1.29, 1.82) is 0 Å². The summed E-state index contributed by atoms with van der Waals surface area (Å²) in [5.74, 6) is -1.18. The van der Waals surface area contributed by atoms with E-state index in [2.05, 4.69) is 9.82 Å². The van der Waals surface area contributed by atoms with E-state index in [0.29, 0.717) is 0 Å². The van der Waals surface area contributed by atoms with Gasteiger partial charge in [-0.2, -0.15) is 5.10 Å². The molecule has 0 bridgehead atoms. The largest absolute Gasteiger partial charge is 0.478 e. The van der Waals surface area contributed by atoms with Gasteiger partial charge in [0.05, 0.1) is 23.1 Å². The molecular weight excluding hydrogens is 284 g/mol. The molecule has 0 aliphatic heterocycles. The van der Waals surface area contributed by atoms with Crippen molar-refractivity contribution in [1.82, 2.24) is 9.78 Å². The fraction of sp³-hybridized carbons (Fsp3) is 0.0909. The van der Waals surface area contributed by atoms with Crippen molar-refractivity contribution in [3.63, 3.8) is 0 Å². The first-order chi connectivity index (χ1) is 9.29. The Hall–Kier alpha value is -2.55. The molecule has 0 fully saturated rings. The first-order valence-electron chi connectivity index (χ1n) is 5.44. The Balaban J connectivity index is 2.37. The van der Waals surface area contributed by atoms with E-state index in [-0.39, 0.29) is 21.8 Å². The molecule has 0 aliphatic rings. The number of benzene rings is 1. The molecule has 1 aromatic heterocycles. The quantitative estimate of drug-likeness (QED) is 0.705. The number of aromatic nitrogens is 2. The number of nitrogens with two attached hydrogens (primary N) is 1. The molecular formula is C11H12N4O4S. The zero-order valence-electron chi connectivity index (χ0n) is 10.4. The average Bonchev–Trinajstić information content (AvgIpc) is 2.73. The number of nitrogens with zero attached hydrogens (tertiary/aromatic N) is 2. The molecule has 2 aromatic rings. The second kappa shape index (κ2) is 4.85. The summed E-state index contributed by atoms with van der Waals surface area (Å²) < 4.78 is 28.0. The zero-order chi connectivity index (χ0) is 14.9. The molecule has 0 aliphatic carbocycles. The molecule has 0 spiro atoms. The predicted octanol–water partition coefficient (Wildman–Crippen LogP) is 0.501. The van der Waals surface area contributed by atoms with Crippen LogP contribution in [0.25, 0.3) is 0 Å². The fourth-order valence-electron chi connectivity index (χ4n) is 1.61. The number of carboxylic acids is 1. The van der Waals surface area contributed by atoms with Crippen molar-refractivity contribution in [2.24, 2.45) is 7.05 Å². The molecule has 0 saturated heterocycles. The SMILES string of the molecule is Cn1cc(NS(=O)(=O)c2ccc(C(=O)O)cc2N)cn1. The summed E-state index contributed by atoms with van der Waals surface area (Å²) in [6.45, 7) is 0. The third kappa shape index (κ3) is 2.72. The van der Waals surface area contributed by atoms with Crippen LogP contribution < -0.4 is 10.5 Å². The molecule has 9 heteroatoms. The summed E-state index contributed by atoms with van der Waals surface area (Å²) in [4.78, 5) is 10.6. The molecule has 1 heterocycles. The fourth-order valence-corrected chi connectivity index (χ4v) is 2.75. The number of hydrogen-bond acceptors (Lipinski definition) is 5. The second-order valence-corrected chi connectivity index (χ2v) is 5.72. The van der Waals surface area contributed by atoms with E-state index in [1.165, 1.54) is 23.1 Å². The number of carbonyl (C=O) groups is 1. The Bertz CT molecular complexity index is 766. The maximum atomic E-state index is 12.1. The molecule has 0 saturated carbocycles. The summed E-state index contributed by atoms with van der Waals surface area (Å²) in [7, 11) is -2.25. The van der Waals surface area contributed by atoms with E-state index < -0.39 is 16.0 Å². The van der Waals surface area contributed by atoms with Crippen LogP contribution >= 0.6 is 0 Å². The van der Waals surface area contributed by atoms with Crippen molar-refractivity contribution < 1.29 is 18.3 Å². The standard InChI is InChI=1S/C11H12N4O4S/c1-15-6-8(5-13-15)14-20(18,19)10-3-2-7(11(16)17)4-9(10)12/h2-6,14H,12H2,1H3,(H,16,17). The van der Waals surface area contributed by atoms with Crippen LogP contribution in [0, 0.1) is 0 Å². The third-order valence-corrected chi connectivity index (χ3v) is 3.96. The molecule has 8 nitrogen and oxygen atoms in total. The summed E-state index contributed by atoms with van der Waals surface area (Å²) >= 11 is 0. The number of hydrogen-bond donors (Lipinski definition) is 3. The van der Waals surface area contributed by atoms with E-state index in [0.717, 1.165) is 12.1 Å². The molecule has 1 aromatic carbocycles. The van der Waals surface area contributed by atoms with Crippen LogP contribution in [0.1, 0.15) is 10.4 Å². The Morgan fingerprint density at radius 1 is 1.45 bits per heavy atom. The van der Waals surface area contributed by atoms with Gasteiger partial charge in [-0.15, -0.1) is 0 Å². The molecule has 0 radical (unpaired) electrons. The monoisotopic (exact) mass is 296 g/mol. The highest BCUT2D eigenvalue weighted by molar-refractivity contribution is 7.92. The summed E-state index contributed by atoms with van der Waals surface area (Å²) in [5.41, 5.74) is 5.67. The minimum atomic E-state index is -3.89. The van der Waals surface area contributed by atoms with Gasteiger partial charge >= 0.3 is 5.97 Å². The maximum Gasteiger partial charge on any atom is 0.335 e. The van der Waals surface area contributed by atoms with E-state index >= 15 is 0 Å². The minimum Gasteiger partial charge on any atom is -0.478 e. The molecule has 2 rings (SSSR count). The predicted molar refractivity (Wildman–Crippen MR) is 71.8 cm³/mol. The lowest BCUT2D eigenvalue weighted by molar-refractivity contribution is 0.0697. The van der Waals surface area contributed by atoms with E-state index in [1.54, 1.807) is 7.05 Å². The zero-order valence-corrected chi connectivity index (χ0v) is 11.3. The van der Waals surface area contributed by atoms with Gasteiger partial charge in [-0.25, -0.2) is 13.2 Å². The number of aryl methyl sites for hydroxylation is 1. The topological polar surface area (TPSA) is 127 Å².